The molecule has 4 nitrogen and oxygen atoms in total. The van der Waals surface area contributed by atoms with Crippen LogP contribution in [-0.4, -0.2) is 36.3 Å². The predicted octanol–water partition coefficient (Wildman–Crippen LogP) is 3.34. The van der Waals surface area contributed by atoms with E-state index < -0.39 is 15.5 Å². The van der Waals surface area contributed by atoms with E-state index in [-0.39, 0.29) is 24.8 Å². The van der Waals surface area contributed by atoms with Gasteiger partial charge in [0.1, 0.15) is 5.82 Å². The number of benzene rings is 1. The first-order chi connectivity index (χ1) is 10.7. The second-order valence-electron chi connectivity index (χ2n) is 5.56. The number of sulfonamides is 1. The number of hydrogen-bond acceptors (Lipinski definition) is 2. The fourth-order valence-electron chi connectivity index (χ4n) is 3.01. The van der Waals surface area contributed by atoms with Gasteiger partial charge >= 0.3 is 15.5 Å². The Morgan fingerprint density at radius 2 is 1.83 bits per heavy atom. The third-order valence-corrected chi connectivity index (χ3v) is 5.83. The second kappa shape index (κ2) is 5.48. The molecule has 0 amide bonds. The van der Waals surface area contributed by atoms with E-state index in [9.17, 15) is 26.0 Å². The molecule has 1 aromatic carbocycles. The van der Waals surface area contributed by atoms with Crippen molar-refractivity contribution in [3.63, 3.8) is 0 Å². The highest BCUT2D eigenvalue weighted by molar-refractivity contribution is 7.90. The van der Waals surface area contributed by atoms with E-state index in [1.165, 1.54) is 12.1 Å². The Morgan fingerprint density at radius 3 is 2.43 bits per heavy atom. The highest BCUT2D eigenvalue weighted by atomic mass is 32.2. The number of rotatable bonds is 2. The third kappa shape index (κ3) is 2.83. The van der Waals surface area contributed by atoms with Crippen LogP contribution in [0.5, 0.6) is 0 Å². The quantitative estimate of drug-likeness (QED) is 0.845. The van der Waals surface area contributed by atoms with E-state index in [0.717, 1.165) is 10.9 Å². The number of aromatic nitrogens is 1. The number of nitrogens with one attached hydrogen (secondary N) is 1. The van der Waals surface area contributed by atoms with Gasteiger partial charge in [-0.25, -0.2) is 12.8 Å². The van der Waals surface area contributed by atoms with Gasteiger partial charge in [0.25, 0.3) is 0 Å². The molecular formula is C14H14F4N2O2S. The van der Waals surface area contributed by atoms with Crippen molar-refractivity contribution < 1.29 is 26.0 Å². The van der Waals surface area contributed by atoms with E-state index >= 15 is 0 Å². The molecule has 0 unspecified atom stereocenters. The van der Waals surface area contributed by atoms with E-state index in [2.05, 4.69) is 4.98 Å². The molecule has 0 aliphatic carbocycles. The Morgan fingerprint density at radius 1 is 1.17 bits per heavy atom. The highest BCUT2D eigenvalue weighted by Crippen LogP contribution is 2.36. The highest BCUT2D eigenvalue weighted by Gasteiger charge is 2.50. The van der Waals surface area contributed by atoms with Gasteiger partial charge in [-0.3, -0.25) is 0 Å². The lowest BCUT2D eigenvalue weighted by Gasteiger charge is -2.31. The molecule has 1 fully saturated rings. The number of alkyl halides is 3. The number of H-pyrrole nitrogens is 1. The second-order valence-corrected chi connectivity index (χ2v) is 7.49. The maximum absolute atomic E-state index is 13.2. The summed E-state index contributed by atoms with van der Waals surface area (Å²) in [6.45, 7) is -0.360. The summed E-state index contributed by atoms with van der Waals surface area (Å²) in [5.74, 6) is -0.439. The van der Waals surface area contributed by atoms with E-state index in [0.29, 0.717) is 22.7 Å². The molecule has 126 valence electrons. The first kappa shape index (κ1) is 16.3. The summed E-state index contributed by atoms with van der Waals surface area (Å²) in [4.78, 5) is 2.94. The fourth-order valence-corrected chi connectivity index (χ4v) is 4.00. The van der Waals surface area contributed by atoms with Crippen molar-refractivity contribution in [1.29, 1.82) is 0 Å². The Hall–Kier alpha value is -1.61. The van der Waals surface area contributed by atoms with Gasteiger partial charge < -0.3 is 4.98 Å². The summed E-state index contributed by atoms with van der Waals surface area (Å²) < 4.78 is 74.2. The molecule has 0 spiro atoms. The van der Waals surface area contributed by atoms with Gasteiger partial charge in [-0.15, -0.1) is 0 Å². The molecule has 1 aromatic heterocycles. The normalized spacial score (nSPS) is 18.6. The van der Waals surface area contributed by atoms with Crippen LogP contribution in [-0.2, 0) is 10.0 Å². The molecule has 1 saturated heterocycles. The van der Waals surface area contributed by atoms with Crippen LogP contribution in [0.25, 0.3) is 10.9 Å². The van der Waals surface area contributed by atoms with Crippen LogP contribution in [0.1, 0.15) is 24.3 Å². The van der Waals surface area contributed by atoms with Gasteiger partial charge in [0, 0.05) is 30.2 Å². The van der Waals surface area contributed by atoms with E-state index in [1.54, 1.807) is 12.3 Å². The SMILES string of the molecule is O=S(=O)(N1CCC(c2c[nH]c3cc(F)ccc23)CC1)C(F)(F)F. The smallest absolute Gasteiger partial charge is 0.361 e. The Labute approximate surface area is 130 Å². The molecular weight excluding hydrogens is 336 g/mol. The molecule has 0 bridgehead atoms. The standard InChI is InChI=1S/C14H14F4N2O2S/c15-10-1-2-11-12(8-19-13(11)7-10)9-3-5-20(6-4-9)23(21,22)14(16,17)18/h1-2,7-9,19H,3-6H2. The summed E-state index contributed by atoms with van der Waals surface area (Å²) in [6, 6.07) is 4.29. The van der Waals surface area contributed by atoms with E-state index in [4.69, 9.17) is 0 Å². The van der Waals surface area contributed by atoms with Crippen LogP contribution < -0.4 is 0 Å². The average Bonchev–Trinajstić information content (AvgIpc) is 2.89. The fraction of sp³-hybridized carbons (Fsp3) is 0.429. The topological polar surface area (TPSA) is 53.2 Å². The van der Waals surface area contributed by atoms with Crippen molar-refractivity contribution in [2.24, 2.45) is 0 Å². The summed E-state index contributed by atoms with van der Waals surface area (Å²) in [6.07, 6.45) is 2.29. The number of fused-ring (bicyclic) bond motifs is 1. The molecule has 1 aliphatic rings. The molecule has 2 heterocycles. The van der Waals surface area contributed by atoms with Crippen molar-refractivity contribution in [2.75, 3.05) is 13.1 Å². The summed E-state index contributed by atoms with van der Waals surface area (Å²) in [7, 11) is -5.26. The predicted molar refractivity (Wildman–Crippen MR) is 76.8 cm³/mol. The van der Waals surface area contributed by atoms with Crippen molar-refractivity contribution in [1.82, 2.24) is 9.29 Å². The lowest BCUT2D eigenvalue weighted by molar-refractivity contribution is -0.0494. The largest absolute Gasteiger partial charge is 0.511 e. The Balaban J connectivity index is 1.79. The molecule has 1 N–H and O–H groups in total. The lowest BCUT2D eigenvalue weighted by atomic mass is 9.90. The minimum absolute atomic E-state index is 0.0612. The number of piperidine rings is 1. The van der Waals surface area contributed by atoms with Gasteiger partial charge in [-0.1, -0.05) is 0 Å². The molecule has 0 atom stereocenters. The zero-order valence-electron chi connectivity index (χ0n) is 11.9. The van der Waals surface area contributed by atoms with Gasteiger partial charge in [0.2, 0.25) is 0 Å². The number of halogens is 4. The maximum Gasteiger partial charge on any atom is 0.511 e. The van der Waals surface area contributed by atoms with Crippen molar-refractivity contribution in [2.45, 2.75) is 24.3 Å². The molecule has 9 heteroatoms. The molecule has 3 rings (SSSR count). The minimum Gasteiger partial charge on any atom is -0.361 e. The van der Waals surface area contributed by atoms with Crippen LogP contribution in [0.2, 0.25) is 0 Å². The molecule has 1 aliphatic heterocycles. The van der Waals surface area contributed by atoms with Gasteiger partial charge in [-0.2, -0.15) is 17.5 Å². The van der Waals surface area contributed by atoms with Crippen LogP contribution in [0.4, 0.5) is 17.6 Å². The minimum atomic E-state index is -5.27. The zero-order valence-corrected chi connectivity index (χ0v) is 12.7. The monoisotopic (exact) mass is 350 g/mol. The molecule has 2 aromatic rings. The molecule has 23 heavy (non-hydrogen) atoms. The number of aromatic amines is 1. The third-order valence-electron chi connectivity index (χ3n) is 4.20. The number of nitrogens with zero attached hydrogens (tertiary/aromatic N) is 1. The lowest BCUT2D eigenvalue weighted by Crippen LogP contribution is -2.44. The van der Waals surface area contributed by atoms with Gasteiger partial charge in [0.15, 0.2) is 0 Å². The maximum atomic E-state index is 13.2. The van der Waals surface area contributed by atoms with Crippen LogP contribution >= 0.6 is 0 Å². The van der Waals surface area contributed by atoms with E-state index in [1.807, 2.05) is 0 Å². The Bertz CT molecular complexity index is 821. The first-order valence-electron chi connectivity index (χ1n) is 7.03. The van der Waals surface area contributed by atoms with Gasteiger partial charge in [0.05, 0.1) is 0 Å². The zero-order chi connectivity index (χ0) is 16.8. The van der Waals surface area contributed by atoms with Crippen molar-refractivity contribution in [3.05, 3.63) is 35.8 Å². The van der Waals surface area contributed by atoms with Gasteiger partial charge in [-0.05, 0) is 42.5 Å². The number of hydrogen-bond donors (Lipinski definition) is 1. The average molecular weight is 350 g/mol. The summed E-state index contributed by atoms with van der Waals surface area (Å²) in [5, 5.41) is 0.809. The van der Waals surface area contributed by atoms with Crippen LogP contribution in [0.3, 0.4) is 0 Å². The summed E-state index contributed by atoms with van der Waals surface area (Å²) in [5.41, 5.74) is -3.77. The van der Waals surface area contributed by atoms with Crippen LogP contribution in [0.15, 0.2) is 24.4 Å². The van der Waals surface area contributed by atoms with Crippen LogP contribution in [0, 0.1) is 5.82 Å². The van der Waals surface area contributed by atoms with Crippen molar-refractivity contribution >= 4 is 20.9 Å². The Kier molecular flexibility index (Phi) is 3.88. The summed E-state index contributed by atoms with van der Waals surface area (Å²) >= 11 is 0. The first-order valence-corrected chi connectivity index (χ1v) is 8.47. The molecule has 0 saturated carbocycles. The molecule has 0 radical (unpaired) electrons. The van der Waals surface area contributed by atoms with Crippen molar-refractivity contribution in [3.8, 4) is 0 Å².